The Morgan fingerprint density at radius 2 is 1.77 bits per heavy atom. The molecule has 0 spiro atoms. The molecule has 1 aliphatic rings. The molecule has 0 fully saturated rings. The van der Waals surface area contributed by atoms with Gasteiger partial charge >= 0.3 is 0 Å². The lowest BCUT2D eigenvalue weighted by molar-refractivity contribution is -0.129. The highest BCUT2D eigenvalue weighted by Gasteiger charge is 2.41. The van der Waals surface area contributed by atoms with Crippen LogP contribution in [0.3, 0.4) is 0 Å². The Labute approximate surface area is 223 Å². The molecule has 2 atom stereocenters. The van der Waals surface area contributed by atoms with E-state index in [0.717, 1.165) is 0 Å². The second-order valence-electron chi connectivity index (χ2n) is 8.46. The summed E-state index contributed by atoms with van der Waals surface area (Å²) in [6.45, 7) is 8.13. The number of halogens is 3. The molecule has 1 unspecified atom stereocenters. The first-order valence-corrected chi connectivity index (χ1v) is 11.9. The van der Waals surface area contributed by atoms with Gasteiger partial charge in [-0.2, -0.15) is 0 Å². The number of nitrogens with one attached hydrogen (secondary N) is 3. The monoisotopic (exact) mass is 540 g/mol. The first-order valence-electron chi connectivity index (χ1n) is 11.9. The fourth-order valence-corrected chi connectivity index (χ4v) is 3.54. The maximum atomic E-state index is 14.1. The molecule has 0 aromatic heterocycles. The van der Waals surface area contributed by atoms with Crippen molar-refractivity contribution in [2.24, 2.45) is 4.99 Å². The van der Waals surface area contributed by atoms with Gasteiger partial charge in [-0.15, -0.1) is 13.2 Å². The number of nitrogens with zero attached hydrogens (tertiary/aromatic N) is 1. The lowest BCUT2D eigenvalue weighted by atomic mass is 9.97. The van der Waals surface area contributed by atoms with Crippen LogP contribution in [0.1, 0.15) is 18.1 Å². The van der Waals surface area contributed by atoms with Gasteiger partial charge in [-0.05, 0) is 12.5 Å². The third kappa shape index (κ3) is 7.29. The molecule has 1 heterocycles. The summed E-state index contributed by atoms with van der Waals surface area (Å²) in [5.74, 6) is -6.45. The molecule has 8 nitrogen and oxygen atoms in total. The van der Waals surface area contributed by atoms with Crippen molar-refractivity contribution >= 4 is 23.3 Å². The van der Waals surface area contributed by atoms with Gasteiger partial charge in [-0.3, -0.25) is 14.4 Å². The van der Waals surface area contributed by atoms with Crippen molar-refractivity contribution < 1.29 is 32.3 Å². The molecule has 0 saturated carbocycles. The Morgan fingerprint density at radius 3 is 2.38 bits per heavy atom. The van der Waals surface area contributed by atoms with Gasteiger partial charge in [0, 0.05) is 36.8 Å². The zero-order valence-corrected chi connectivity index (χ0v) is 21.1. The van der Waals surface area contributed by atoms with E-state index in [1.807, 2.05) is 0 Å². The van der Waals surface area contributed by atoms with E-state index in [2.05, 4.69) is 34.1 Å². The largest absolute Gasteiger partial charge is 0.366 e. The molecular weight excluding hydrogens is 513 g/mol. The van der Waals surface area contributed by atoms with Crippen LogP contribution in [0.4, 0.5) is 13.2 Å². The number of ether oxygens (including phenoxy) is 1. The quantitative estimate of drug-likeness (QED) is 0.283. The van der Waals surface area contributed by atoms with Crippen molar-refractivity contribution in [2.75, 3.05) is 6.54 Å². The highest BCUT2D eigenvalue weighted by atomic mass is 19.1. The van der Waals surface area contributed by atoms with Crippen LogP contribution in [-0.2, 0) is 32.3 Å². The molecule has 2 amide bonds. The van der Waals surface area contributed by atoms with E-state index in [4.69, 9.17) is 4.74 Å². The summed E-state index contributed by atoms with van der Waals surface area (Å²) in [5, 5.41) is 7.64. The number of amides is 2. The fraction of sp³-hybridized carbons (Fsp3) is 0.214. The molecule has 11 heteroatoms. The molecule has 2 aromatic carbocycles. The van der Waals surface area contributed by atoms with Crippen molar-refractivity contribution in [3.8, 4) is 0 Å². The van der Waals surface area contributed by atoms with Crippen LogP contribution in [-0.4, -0.2) is 42.0 Å². The molecule has 0 bridgehead atoms. The Balaban J connectivity index is 1.98. The number of Topliss-reactive ketones (excluding diaryl/α,β-unsaturated/α-hetero) is 1. The van der Waals surface area contributed by atoms with Crippen molar-refractivity contribution in [2.45, 2.75) is 32.2 Å². The topological polar surface area (TPSA) is 109 Å². The lowest BCUT2D eigenvalue weighted by Gasteiger charge is -2.26. The summed E-state index contributed by atoms with van der Waals surface area (Å²) in [4.78, 5) is 44.1. The van der Waals surface area contributed by atoms with Gasteiger partial charge in [0.05, 0.1) is 6.61 Å². The molecular formula is C28H27F3N4O4. The minimum atomic E-state index is -1.57. The van der Waals surface area contributed by atoms with Crippen LogP contribution < -0.4 is 16.0 Å². The number of aliphatic imine (C=N–C) groups is 1. The van der Waals surface area contributed by atoms with Gasteiger partial charge in [0.25, 0.3) is 11.8 Å². The Bertz CT molecular complexity index is 1320. The van der Waals surface area contributed by atoms with Crippen LogP contribution in [0.5, 0.6) is 0 Å². The van der Waals surface area contributed by atoms with Crippen molar-refractivity contribution in [3.05, 3.63) is 108 Å². The Morgan fingerprint density at radius 1 is 1.10 bits per heavy atom. The molecule has 0 saturated heterocycles. The smallest absolute Gasteiger partial charge is 0.269 e. The number of ketones is 1. The van der Waals surface area contributed by atoms with E-state index in [0.29, 0.717) is 17.7 Å². The summed E-state index contributed by atoms with van der Waals surface area (Å²) < 4.78 is 47.2. The highest BCUT2D eigenvalue weighted by Crippen LogP contribution is 2.21. The van der Waals surface area contributed by atoms with Crippen LogP contribution in [0.2, 0.25) is 0 Å². The Hall–Kier alpha value is -4.51. The van der Waals surface area contributed by atoms with E-state index >= 15 is 0 Å². The van der Waals surface area contributed by atoms with E-state index < -0.39 is 64.9 Å². The van der Waals surface area contributed by atoms with Crippen LogP contribution in [0.15, 0.2) is 84.2 Å². The Kier molecular flexibility index (Phi) is 9.93. The molecule has 2 aromatic rings. The zero-order chi connectivity index (χ0) is 28.5. The third-order valence-corrected chi connectivity index (χ3v) is 5.58. The molecule has 1 aliphatic heterocycles. The number of hydrogen-bond acceptors (Lipinski definition) is 6. The average Bonchev–Trinajstić information content (AvgIpc) is 2.90. The van der Waals surface area contributed by atoms with Crippen molar-refractivity contribution in [1.82, 2.24) is 16.0 Å². The predicted molar refractivity (Wildman–Crippen MR) is 139 cm³/mol. The summed E-state index contributed by atoms with van der Waals surface area (Å²) in [5.41, 5.74) is -0.736. The molecule has 39 heavy (non-hydrogen) atoms. The first-order chi connectivity index (χ1) is 18.7. The molecule has 0 radical (unpaired) electrons. The van der Waals surface area contributed by atoms with Crippen LogP contribution >= 0.6 is 0 Å². The average molecular weight is 541 g/mol. The maximum Gasteiger partial charge on any atom is 0.269 e. The molecule has 3 N–H and O–H groups in total. The normalized spacial score (nSPS) is 15.7. The van der Waals surface area contributed by atoms with Gasteiger partial charge in [-0.1, -0.05) is 42.5 Å². The van der Waals surface area contributed by atoms with Gasteiger partial charge < -0.3 is 20.7 Å². The van der Waals surface area contributed by atoms with Gasteiger partial charge in [0.1, 0.15) is 34.6 Å². The minimum Gasteiger partial charge on any atom is -0.366 e. The number of rotatable bonds is 12. The van der Waals surface area contributed by atoms with Gasteiger partial charge in [-0.25, -0.2) is 18.2 Å². The van der Waals surface area contributed by atoms with Gasteiger partial charge in [0.15, 0.2) is 6.10 Å². The molecule has 204 valence electrons. The van der Waals surface area contributed by atoms with Crippen molar-refractivity contribution in [3.63, 3.8) is 0 Å². The van der Waals surface area contributed by atoms with Crippen LogP contribution in [0, 0.1) is 17.5 Å². The number of hydrogen-bond donors (Lipinski definition) is 3. The van der Waals surface area contributed by atoms with E-state index in [9.17, 15) is 27.6 Å². The highest BCUT2D eigenvalue weighted by molar-refractivity contribution is 6.48. The second-order valence-corrected chi connectivity index (χ2v) is 8.46. The maximum absolute atomic E-state index is 14.1. The number of benzene rings is 2. The fourth-order valence-electron chi connectivity index (χ4n) is 3.54. The van der Waals surface area contributed by atoms with E-state index in [-0.39, 0.29) is 24.7 Å². The lowest BCUT2D eigenvalue weighted by Crippen LogP contribution is -2.50. The standard InChI is InChI=1S/C28H27F3N4O4/c1-4-11-32-26-22(27(37)33-14-19-20(30)12-18(29)13-21(19)31)24(36)25(39-15-17-9-7-6-8-10-17)23(35-26)28(38)34-16(3)5-2/h4-10,12-13,16,25,32H,1-2,11,14-15H2,3H3,(H,33,37)(H,34,38)/t16-,25?/m0/s1. The predicted octanol–water partition coefficient (Wildman–Crippen LogP) is 3.01. The summed E-state index contributed by atoms with van der Waals surface area (Å²) in [7, 11) is 0. The summed E-state index contributed by atoms with van der Waals surface area (Å²) in [6.07, 6.45) is 1.34. The third-order valence-electron chi connectivity index (χ3n) is 5.58. The summed E-state index contributed by atoms with van der Waals surface area (Å²) >= 11 is 0. The SMILES string of the molecule is C=CCNC1=C(C(=O)NCc2c(F)cc(F)cc2F)C(=O)C(OCc2ccccc2)C(C(=O)N[C@@H](C)C=C)=N1. The van der Waals surface area contributed by atoms with Gasteiger partial charge in [0.2, 0.25) is 5.78 Å². The zero-order valence-electron chi connectivity index (χ0n) is 21.1. The molecule has 0 aliphatic carbocycles. The first kappa shape index (κ1) is 29.1. The number of carbonyl (C=O) groups is 3. The summed E-state index contributed by atoms with van der Waals surface area (Å²) in [6, 6.07) is 9.29. The molecule has 3 rings (SSSR count). The van der Waals surface area contributed by atoms with Crippen LogP contribution in [0.25, 0.3) is 0 Å². The number of carbonyl (C=O) groups excluding carboxylic acids is 3. The minimum absolute atomic E-state index is 0.0671. The van der Waals surface area contributed by atoms with E-state index in [1.165, 1.54) is 12.2 Å². The second kappa shape index (κ2) is 13.3. The van der Waals surface area contributed by atoms with E-state index in [1.54, 1.807) is 37.3 Å². The van der Waals surface area contributed by atoms with Crippen molar-refractivity contribution in [1.29, 1.82) is 0 Å².